The predicted octanol–water partition coefficient (Wildman–Crippen LogP) is 5.16. The van der Waals surface area contributed by atoms with Gasteiger partial charge in [0.1, 0.15) is 6.26 Å². The van der Waals surface area contributed by atoms with Gasteiger partial charge in [-0.3, -0.25) is 0 Å². The van der Waals surface area contributed by atoms with E-state index in [0.29, 0.717) is 16.7 Å². The van der Waals surface area contributed by atoms with Gasteiger partial charge < -0.3 is 9.40 Å². The first-order chi connectivity index (χ1) is 11.3. The Hall–Kier alpha value is -2.24. The van der Waals surface area contributed by atoms with Crippen LogP contribution in [0.25, 0.3) is 22.5 Å². The third-order valence-corrected chi connectivity index (χ3v) is 4.49. The van der Waals surface area contributed by atoms with E-state index >= 15 is 0 Å². The fraction of sp³-hybridized carbons (Fsp3) is 0.0588. The minimum absolute atomic E-state index is 0.577. The number of hydrogen-bond acceptors (Lipinski definition) is 4. The van der Waals surface area contributed by atoms with E-state index in [1.165, 1.54) is 0 Å². The predicted molar refractivity (Wildman–Crippen MR) is 92.6 cm³/mol. The van der Waals surface area contributed by atoms with Gasteiger partial charge in [-0.15, -0.1) is 0 Å². The van der Waals surface area contributed by atoms with Gasteiger partial charge in [-0.25, -0.2) is 9.97 Å². The van der Waals surface area contributed by atoms with E-state index in [1.54, 1.807) is 18.0 Å². The Labute approximate surface area is 141 Å². The summed E-state index contributed by atoms with van der Waals surface area (Å²) in [5.41, 5.74) is 3.74. The lowest BCUT2D eigenvalue weighted by atomic mass is 10.2. The molecule has 6 heteroatoms. The number of imidazole rings is 1. The van der Waals surface area contributed by atoms with Crippen molar-refractivity contribution < 1.29 is 4.42 Å². The standard InChI is InChI=1S/C17H12ClN3OS/c18-12-5-3-4-11(8-12)16-19-13(9-22-16)10-23-17-20-14-6-1-2-7-15(14)21-17/h1-9H,10H2,(H,20,21). The molecule has 114 valence electrons. The smallest absolute Gasteiger partial charge is 0.226 e. The van der Waals surface area contributed by atoms with Gasteiger partial charge in [0, 0.05) is 16.3 Å². The fourth-order valence-electron chi connectivity index (χ4n) is 2.27. The van der Waals surface area contributed by atoms with E-state index in [2.05, 4.69) is 15.0 Å². The zero-order valence-electron chi connectivity index (χ0n) is 12.0. The number of oxazole rings is 1. The fourth-order valence-corrected chi connectivity index (χ4v) is 3.22. The number of rotatable bonds is 4. The molecule has 0 aliphatic rings. The lowest BCUT2D eigenvalue weighted by Crippen LogP contribution is -1.83. The summed E-state index contributed by atoms with van der Waals surface area (Å²) >= 11 is 7.59. The third kappa shape index (κ3) is 3.11. The summed E-state index contributed by atoms with van der Waals surface area (Å²) in [6, 6.07) is 15.4. The first-order valence-electron chi connectivity index (χ1n) is 7.06. The highest BCUT2D eigenvalue weighted by atomic mass is 35.5. The largest absolute Gasteiger partial charge is 0.444 e. The van der Waals surface area contributed by atoms with Gasteiger partial charge >= 0.3 is 0 Å². The van der Waals surface area contributed by atoms with Crippen molar-refractivity contribution in [1.82, 2.24) is 15.0 Å². The van der Waals surface area contributed by atoms with Crippen LogP contribution in [0.15, 0.2) is 64.4 Å². The topological polar surface area (TPSA) is 54.7 Å². The second-order valence-corrected chi connectivity index (χ2v) is 6.40. The normalized spacial score (nSPS) is 11.2. The molecule has 4 rings (SSSR count). The van der Waals surface area contributed by atoms with Crippen LogP contribution < -0.4 is 0 Å². The lowest BCUT2D eigenvalue weighted by Gasteiger charge is -1.95. The maximum atomic E-state index is 6.00. The zero-order valence-corrected chi connectivity index (χ0v) is 13.6. The molecule has 2 aromatic carbocycles. The number of para-hydroxylation sites is 2. The maximum Gasteiger partial charge on any atom is 0.226 e. The quantitative estimate of drug-likeness (QED) is 0.521. The number of aromatic nitrogens is 3. The minimum atomic E-state index is 0.577. The van der Waals surface area contributed by atoms with Crippen LogP contribution in [0.1, 0.15) is 5.69 Å². The first kappa shape index (κ1) is 14.4. The van der Waals surface area contributed by atoms with E-state index < -0.39 is 0 Å². The molecule has 4 aromatic rings. The summed E-state index contributed by atoms with van der Waals surface area (Å²) in [4.78, 5) is 12.3. The van der Waals surface area contributed by atoms with Gasteiger partial charge in [-0.05, 0) is 30.3 Å². The van der Waals surface area contributed by atoms with Crippen LogP contribution in [-0.2, 0) is 5.75 Å². The van der Waals surface area contributed by atoms with Gasteiger partial charge in [-0.2, -0.15) is 0 Å². The minimum Gasteiger partial charge on any atom is -0.444 e. The van der Waals surface area contributed by atoms with Crippen molar-refractivity contribution in [1.29, 1.82) is 0 Å². The zero-order chi connectivity index (χ0) is 15.6. The van der Waals surface area contributed by atoms with E-state index in [1.807, 2.05) is 48.5 Å². The monoisotopic (exact) mass is 341 g/mol. The van der Waals surface area contributed by atoms with E-state index in [4.69, 9.17) is 16.0 Å². The first-order valence-corrected chi connectivity index (χ1v) is 8.42. The molecule has 0 atom stereocenters. The molecule has 2 heterocycles. The summed E-state index contributed by atoms with van der Waals surface area (Å²) in [5, 5.41) is 1.54. The molecule has 0 spiro atoms. The molecule has 0 amide bonds. The summed E-state index contributed by atoms with van der Waals surface area (Å²) in [7, 11) is 0. The molecule has 0 saturated carbocycles. The molecule has 0 saturated heterocycles. The van der Waals surface area contributed by atoms with Crippen molar-refractivity contribution in [2.45, 2.75) is 10.9 Å². The van der Waals surface area contributed by atoms with E-state index in [0.717, 1.165) is 27.4 Å². The molecule has 1 N–H and O–H groups in total. The average Bonchev–Trinajstić information content (AvgIpc) is 3.19. The highest BCUT2D eigenvalue weighted by Gasteiger charge is 2.09. The lowest BCUT2D eigenvalue weighted by molar-refractivity contribution is 0.573. The SMILES string of the molecule is Clc1cccc(-c2nc(CSc3nc4ccccc4[nH]3)co2)c1. The molecule has 4 nitrogen and oxygen atoms in total. The van der Waals surface area contributed by atoms with Gasteiger partial charge in [0.05, 0.1) is 16.7 Å². The van der Waals surface area contributed by atoms with Crippen LogP contribution in [-0.4, -0.2) is 15.0 Å². The van der Waals surface area contributed by atoms with Crippen LogP contribution in [0, 0.1) is 0 Å². The van der Waals surface area contributed by atoms with Gasteiger partial charge in [-0.1, -0.05) is 41.6 Å². The number of aromatic amines is 1. The number of hydrogen-bond donors (Lipinski definition) is 1. The van der Waals surface area contributed by atoms with Gasteiger partial charge in [0.2, 0.25) is 5.89 Å². The number of H-pyrrole nitrogens is 1. The van der Waals surface area contributed by atoms with Crippen LogP contribution in [0.5, 0.6) is 0 Å². The van der Waals surface area contributed by atoms with Crippen molar-refractivity contribution in [2.75, 3.05) is 0 Å². The summed E-state index contributed by atoms with van der Waals surface area (Å²) in [6.45, 7) is 0. The van der Waals surface area contributed by atoms with Crippen molar-refractivity contribution in [2.24, 2.45) is 0 Å². The van der Waals surface area contributed by atoms with Crippen LogP contribution in [0.3, 0.4) is 0 Å². The molecule has 0 radical (unpaired) electrons. The molecule has 23 heavy (non-hydrogen) atoms. The molecule has 0 aliphatic carbocycles. The number of thioether (sulfide) groups is 1. The average molecular weight is 342 g/mol. The molecule has 0 aliphatic heterocycles. The molecule has 0 fully saturated rings. The van der Waals surface area contributed by atoms with Crippen LogP contribution in [0.4, 0.5) is 0 Å². The Morgan fingerprint density at radius 1 is 1.09 bits per heavy atom. The Balaban J connectivity index is 1.49. The van der Waals surface area contributed by atoms with Crippen molar-refractivity contribution >= 4 is 34.4 Å². The Morgan fingerprint density at radius 2 is 2.00 bits per heavy atom. The summed E-state index contributed by atoms with van der Waals surface area (Å²) in [6.07, 6.45) is 1.67. The summed E-state index contributed by atoms with van der Waals surface area (Å²) < 4.78 is 5.54. The Bertz CT molecular complexity index is 930. The Morgan fingerprint density at radius 3 is 2.87 bits per heavy atom. The molecular weight excluding hydrogens is 330 g/mol. The second-order valence-electron chi connectivity index (χ2n) is 5.00. The van der Waals surface area contributed by atoms with Crippen molar-refractivity contribution in [3.63, 3.8) is 0 Å². The van der Waals surface area contributed by atoms with Crippen molar-refractivity contribution in [3.05, 3.63) is 65.5 Å². The number of halogens is 1. The molecule has 0 unspecified atom stereocenters. The third-order valence-electron chi connectivity index (χ3n) is 3.35. The second kappa shape index (κ2) is 6.10. The summed E-state index contributed by atoms with van der Waals surface area (Å²) in [5.74, 6) is 1.26. The highest BCUT2D eigenvalue weighted by molar-refractivity contribution is 7.98. The van der Waals surface area contributed by atoms with E-state index in [9.17, 15) is 0 Å². The van der Waals surface area contributed by atoms with E-state index in [-0.39, 0.29) is 0 Å². The molecular formula is C17H12ClN3OS. The number of nitrogens with one attached hydrogen (secondary N) is 1. The molecule has 2 aromatic heterocycles. The van der Waals surface area contributed by atoms with Crippen LogP contribution >= 0.6 is 23.4 Å². The number of benzene rings is 2. The number of nitrogens with zero attached hydrogens (tertiary/aromatic N) is 2. The maximum absolute atomic E-state index is 6.00. The highest BCUT2D eigenvalue weighted by Crippen LogP contribution is 2.26. The Kier molecular flexibility index (Phi) is 3.81. The van der Waals surface area contributed by atoms with Crippen LogP contribution in [0.2, 0.25) is 5.02 Å². The van der Waals surface area contributed by atoms with Gasteiger partial charge in [0.15, 0.2) is 5.16 Å². The molecule has 0 bridgehead atoms. The van der Waals surface area contributed by atoms with Crippen molar-refractivity contribution in [3.8, 4) is 11.5 Å². The van der Waals surface area contributed by atoms with Gasteiger partial charge in [0.25, 0.3) is 0 Å². The number of fused-ring (bicyclic) bond motifs is 1.